The summed E-state index contributed by atoms with van der Waals surface area (Å²) in [4.78, 5) is 0. The van der Waals surface area contributed by atoms with Gasteiger partial charge in [-0.1, -0.05) is 0 Å². The number of hydrogen-bond acceptors (Lipinski definition) is 1. The summed E-state index contributed by atoms with van der Waals surface area (Å²) in [5, 5.41) is 4.56. The van der Waals surface area contributed by atoms with E-state index in [2.05, 4.69) is 12.2 Å². The molecule has 1 nitrogen and oxygen atoms in total. The first-order valence-electron chi connectivity index (χ1n) is 5.44. The van der Waals surface area contributed by atoms with E-state index in [9.17, 15) is 65.9 Å². The van der Waals surface area contributed by atoms with E-state index in [1.54, 1.807) is 0 Å². The van der Waals surface area contributed by atoms with Crippen molar-refractivity contribution < 1.29 is 71.0 Å². The molecule has 156 valence electrons. The van der Waals surface area contributed by atoms with Gasteiger partial charge in [-0.3, -0.25) is 0 Å². The molecule has 1 N–H and O–H groups in total. The maximum absolute atomic E-state index is 13.1. The van der Waals surface area contributed by atoms with Gasteiger partial charge in [0.05, 0.1) is 0 Å². The highest BCUT2D eigenvalue weighted by Crippen LogP contribution is 2.62. The first-order chi connectivity index (χ1) is 11.0. The second-order valence-electron chi connectivity index (χ2n) is 4.59. The molecule has 0 spiro atoms. The third-order valence-electron chi connectivity index (χ3n) is 2.87. The van der Waals surface area contributed by atoms with E-state index >= 15 is 0 Å². The number of aliphatic hydroxyl groups excluding tert-OH is 1. The molecule has 0 saturated carbocycles. The fourth-order valence-corrected chi connectivity index (χ4v) is 1.36. The van der Waals surface area contributed by atoms with Gasteiger partial charge in [-0.2, -0.15) is 61.5 Å². The molecule has 0 aliphatic carbocycles. The van der Waals surface area contributed by atoms with Crippen LogP contribution in [0, 0.1) is 0 Å². The molecule has 0 rings (SSSR count). The predicted octanol–water partition coefficient (Wildman–Crippen LogP) is 5.29. The summed E-state index contributed by atoms with van der Waals surface area (Å²) in [6.07, 6.45) is 0. The number of aliphatic hydroxyl groups is 1. The van der Waals surface area contributed by atoms with Gasteiger partial charge in [0.1, 0.15) is 0 Å². The monoisotopic (exact) mass is 444 g/mol. The molecule has 0 aromatic carbocycles. The lowest BCUT2D eigenvalue weighted by molar-refractivity contribution is -0.437. The van der Waals surface area contributed by atoms with Gasteiger partial charge in [-0.15, -0.1) is 0 Å². The molecule has 17 heteroatoms. The summed E-state index contributed by atoms with van der Waals surface area (Å²) in [5.74, 6) is -53.8. The quantitative estimate of drug-likeness (QED) is 0.406. The standard InChI is InChI=1S/C9H3F15OS/c10-1-3(11,12)5(15,16)7(19,20)9(23,24)8(21,22)6(17,18)4(13,14)2(25)26/h1H2,(H,25,26). The van der Waals surface area contributed by atoms with Crippen molar-refractivity contribution in [3.8, 4) is 0 Å². The number of hydrogen-bond donors (Lipinski definition) is 1. The number of alkyl halides is 15. The normalized spacial score (nSPS) is 16.0. The van der Waals surface area contributed by atoms with Crippen LogP contribution in [0.2, 0.25) is 0 Å². The van der Waals surface area contributed by atoms with Crippen LogP contribution >= 0.6 is 12.2 Å². The minimum absolute atomic E-state index is 2.96. The summed E-state index contributed by atoms with van der Waals surface area (Å²) in [5.41, 5.74) is 0. The first kappa shape index (κ1) is 24.8. The highest BCUT2D eigenvalue weighted by Gasteiger charge is 2.93. The van der Waals surface area contributed by atoms with Gasteiger partial charge < -0.3 is 5.11 Å². The van der Waals surface area contributed by atoms with Crippen LogP contribution < -0.4 is 0 Å². The van der Waals surface area contributed by atoms with Crippen LogP contribution in [0.5, 0.6) is 0 Å². The van der Waals surface area contributed by atoms with Crippen molar-refractivity contribution in [2.45, 2.75) is 41.5 Å². The lowest BCUT2D eigenvalue weighted by atomic mass is 9.89. The molecule has 0 bridgehead atoms. The zero-order valence-corrected chi connectivity index (χ0v) is 12.0. The highest BCUT2D eigenvalue weighted by atomic mass is 32.1. The van der Waals surface area contributed by atoms with Gasteiger partial charge >= 0.3 is 41.5 Å². The average molecular weight is 444 g/mol. The minimum atomic E-state index is -8.31. The van der Waals surface area contributed by atoms with Crippen molar-refractivity contribution in [2.75, 3.05) is 6.67 Å². The fourth-order valence-electron chi connectivity index (χ4n) is 1.24. The van der Waals surface area contributed by atoms with Crippen molar-refractivity contribution >= 4 is 17.3 Å². The number of thiocarbonyl (C=S) groups is 1. The molecule has 0 saturated heterocycles. The van der Waals surface area contributed by atoms with Crippen LogP contribution in [0.25, 0.3) is 0 Å². The Kier molecular flexibility index (Phi) is 5.91. The van der Waals surface area contributed by atoms with Crippen LogP contribution in [0.15, 0.2) is 0 Å². The fraction of sp³-hybridized carbons (Fsp3) is 0.889. The van der Waals surface area contributed by atoms with E-state index in [0.717, 1.165) is 0 Å². The minimum Gasteiger partial charge on any atom is -0.498 e. The molecule has 0 fully saturated rings. The molecule has 0 amide bonds. The number of rotatable bonds is 8. The SMILES string of the molecule is OC(=S)C(F)(F)C(F)(F)C(F)(F)C(F)(F)C(F)(F)C(F)(F)C(F)(F)CF. The van der Waals surface area contributed by atoms with Crippen molar-refractivity contribution in [3.05, 3.63) is 0 Å². The Hall–Kier alpha value is -1.16. The van der Waals surface area contributed by atoms with Crippen LogP contribution in [0.1, 0.15) is 0 Å². The second-order valence-corrected chi connectivity index (χ2v) is 4.98. The Morgan fingerprint density at radius 1 is 0.577 bits per heavy atom. The molecular formula is C9H3F15OS. The molecule has 0 aliphatic rings. The summed E-state index contributed by atoms with van der Waals surface area (Å²) in [7, 11) is 0. The maximum Gasteiger partial charge on any atom is 0.386 e. The summed E-state index contributed by atoms with van der Waals surface area (Å²) >= 11 is 2.96. The first-order valence-corrected chi connectivity index (χ1v) is 5.85. The molecular weight excluding hydrogens is 441 g/mol. The molecule has 0 unspecified atom stereocenters. The third-order valence-corrected chi connectivity index (χ3v) is 3.12. The van der Waals surface area contributed by atoms with Crippen molar-refractivity contribution in [2.24, 2.45) is 0 Å². The largest absolute Gasteiger partial charge is 0.498 e. The van der Waals surface area contributed by atoms with Gasteiger partial charge in [0, 0.05) is 0 Å². The molecule has 0 heterocycles. The maximum atomic E-state index is 13.1. The Morgan fingerprint density at radius 2 is 0.846 bits per heavy atom. The van der Waals surface area contributed by atoms with E-state index in [0.29, 0.717) is 0 Å². The van der Waals surface area contributed by atoms with E-state index in [-0.39, 0.29) is 0 Å². The number of halogens is 15. The Labute approximate surface area is 137 Å². The van der Waals surface area contributed by atoms with Gasteiger partial charge in [0.25, 0.3) is 0 Å². The smallest absolute Gasteiger partial charge is 0.386 e. The molecule has 0 aromatic rings. The lowest BCUT2D eigenvalue weighted by Gasteiger charge is -2.41. The Bertz CT molecular complexity index is 553. The molecule has 0 atom stereocenters. The third kappa shape index (κ3) is 2.85. The Morgan fingerprint density at radius 3 is 1.12 bits per heavy atom. The van der Waals surface area contributed by atoms with Crippen molar-refractivity contribution in [1.82, 2.24) is 0 Å². The van der Waals surface area contributed by atoms with Crippen LogP contribution in [0.4, 0.5) is 65.9 Å². The van der Waals surface area contributed by atoms with Crippen molar-refractivity contribution in [1.29, 1.82) is 0 Å². The van der Waals surface area contributed by atoms with Gasteiger partial charge in [0.15, 0.2) is 6.67 Å². The van der Waals surface area contributed by atoms with Crippen LogP contribution in [-0.2, 0) is 0 Å². The Balaban J connectivity index is 6.59. The van der Waals surface area contributed by atoms with E-state index in [1.165, 1.54) is 0 Å². The summed E-state index contributed by atoms with van der Waals surface area (Å²) < 4.78 is 192. The van der Waals surface area contributed by atoms with Gasteiger partial charge in [-0.25, -0.2) is 4.39 Å². The highest BCUT2D eigenvalue weighted by molar-refractivity contribution is 7.80. The van der Waals surface area contributed by atoms with Crippen LogP contribution in [0.3, 0.4) is 0 Å². The van der Waals surface area contributed by atoms with Crippen LogP contribution in [-0.4, -0.2) is 58.3 Å². The zero-order valence-electron chi connectivity index (χ0n) is 11.2. The van der Waals surface area contributed by atoms with E-state index < -0.39 is 53.2 Å². The lowest BCUT2D eigenvalue weighted by Crippen LogP contribution is -2.73. The summed E-state index contributed by atoms with van der Waals surface area (Å²) in [6, 6.07) is 0. The van der Waals surface area contributed by atoms with Gasteiger partial charge in [0.2, 0.25) is 5.05 Å². The van der Waals surface area contributed by atoms with E-state index in [4.69, 9.17) is 5.11 Å². The second kappa shape index (κ2) is 6.19. The molecule has 0 aromatic heterocycles. The molecule has 26 heavy (non-hydrogen) atoms. The predicted molar refractivity (Wildman–Crippen MR) is 55.8 cm³/mol. The zero-order chi connectivity index (χ0) is 21.8. The van der Waals surface area contributed by atoms with Gasteiger partial charge in [-0.05, 0) is 12.2 Å². The van der Waals surface area contributed by atoms with E-state index in [1.807, 2.05) is 0 Å². The molecule has 0 aliphatic heterocycles. The summed E-state index contributed by atoms with van der Waals surface area (Å²) in [6.45, 7) is -3.83. The average Bonchev–Trinajstić information content (AvgIpc) is 2.45. The molecule has 0 radical (unpaired) electrons. The topological polar surface area (TPSA) is 20.2 Å². The van der Waals surface area contributed by atoms with Crippen molar-refractivity contribution in [3.63, 3.8) is 0 Å².